The number of benzene rings is 1. The molecule has 154 valence electrons. The van der Waals surface area contributed by atoms with Crippen LogP contribution < -0.4 is 4.90 Å². The van der Waals surface area contributed by atoms with E-state index in [4.69, 9.17) is 0 Å². The molecule has 0 unspecified atom stereocenters. The van der Waals surface area contributed by atoms with Gasteiger partial charge in [-0.3, -0.25) is 14.4 Å². The quantitative estimate of drug-likeness (QED) is 0.226. The SMILES string of the molecule is CCCCCCSc1c(N(C=O)c2ccc(F)cc2F)c(C(F)(F)F)nn1C. The third-order valence-electron chi connectivity index (χ3n) is 3.99. The normalized spacial score (nSPS) is 11.7. The molecule has 2 aromatic rings. The molecule has 0 spiro atoms. The number of amides is 1. The van der Waals surface area contributed by atoms with E-state index in [2.05, 4.69) is 5.10 Å². The van der Waals surface area contributed by atoms with Crippen molar-refractivity contribution in [3.05, 3.63) is 35.5 Å². The summed E-state index contributed by atoms with van der Waals surface area (Å²) in [6.07, 6.45) is -1.06. The number of carbonyl (C=O) groups is 1. The van der Waals surface area contributed by atoms with E-state index >= 15 is 0 Å². The maximum absolute atomic E-state index is 14.2. The molecule has 4 nitrogen and oxygen atoms in total. The second kappa shape index (κ2) is 9.40. The standard InChI is InChI=1S/C18H20F5N3OS/c1-3-4-5-6-9-28-17-15(16(18(21,22)23)24-25(17)2)26(11-27)14-8-7-12(19)10-13(14)20/h7-8,10-11H,3-6,9H2,1-2H3. The molecule has 1 heterocycles. The number of aryl methyl sites for hydroxylation is 1. The Labute approximate surface area is 163 Å². The molecule has 0 aliphatic rings. The number of hydrogen-bond acceptors (Lipinski definition) is 3. The van der Waals surface area contributed by atoms with E-state index in [1.807, 2.05) is 6.92 Å². The Hall–Kier alpha value is -2.10. The molecule has 28 heavy (non-hydrogen) atoms. The van der Waals surface area contributed by atoms with Gasteiger partial charge in [0.2, 0.25) is 6.41 Å². The minimum atomic E-state index is -4.86. The Morgan fingerprint density at radius 2 is 1.93 bits per heavy atom. The fraction of sp³-hybridized carbons (Fsp3) is 0.444. The van der Waals surface area contributed by atoms with Crippen LogP contribution in [-0.2, 0) is 18.0 Å². The lowest BCUT2D eigenvalue weighted by molar-refractivity contribution is -0.140. The van der Waals surface area contributed by atoms with Gasteiger partial charge in [0, 0.05) is 13.1 Å². The number of aromatic nitrogens is 2. The van der Waals surface area contributed by atoms with Crippen LogP contribution in [-0.4, -0.2) is 21.9 Å². The number of hydrogen-bond donors (Lipinski definition) is 0. The smallest absolute Gasteiger partial charge is 0.278 e. The number of anilines is 2. The molecule has 0 saturated heterocycles. The highest BCUT2D eigenvalue weighted by molar-refractivity contribution is 7.99. The molecule has 1 aromatic heterocycles. The Bertz CT molecular complexity index is 822. The van der Waals surface area contributed by atoms with Gasteiger partial charge >= 0.3 is 6.18 Å². The number of carbonyl (C=O) groups excluding carboxylic acids is 1. The highest BCUT2D eigenvalue weighted by Gasteiger charge is 2.41. The number of rotatable bonds is 9. The predicted molar refractivity (Wildman–Crippen MR) is 97.6 cm³/mol. The van der Waals surface area contributed by atoms with Crippen LogP contribution in [0.1, 0.15) is 38.3 Å². The lowest BCUT2D eigenvalue weighted by Crippen LogP contribution is -2.20. The van der Waals surface area contributed by atoms with Crippen LogP contribution in [0.4, 0.5) is 33.3 Å². The average molecular weight is 421 g/mol. The van der Waals surface area contributed by atoms with E-state index in [0.29, 0.717) is 16.7 Å². The van der Waals surface area contributed by atoms with Gasteiger partial charge in [0.05, 0.1) is 5.69 Å². The van der Waals surface area contributed by atoms with Gasteiger partial charge in [-0.25, -0.2) is 8.78 Å². The van der Waals surface area contributed by atoms with Crippen molar-refractivity contribution >= 4 is 29.5 Å². The Balaban J connectivity index is 2.49. The summed E-state index contributed by atoms with van der Waals surface area (Å²) < 4.78 is 69.0. The summed E-state index contributed by atoms with van der Waals surface area (Å²) in [6.45, 7) is 2.04. The summed E-state index contributed by atoms with van der Waals surface area (Å²) in [5.74, 6) is -1.54. The van der Waals surface area contributed by atoms with Crippen LogP contribution in [0, 0.1) is 11.6 Å². The fourth-order valence-corrected chi connectivity index (χ4v) is 3.77. The Morgan fingerprint density at radius 1 is 1.21 bits per heavy atom. The number of alkyl halides is 3. The maximum Gasteiger partial charge on any atom is 0.437 e. The molecule has 0 aliphatic carbocycles. The summed E-state index contributed by atoms with van der Waals surface area (Å²) in [6, 6.07) is 2.30. The highest BCUT2D eigenvalue weighted by atomic mass is 32.2. The number of unbranched alkanes of at least 4 members (excludes halogenated alkanes) is 3. The van der Waals surface area contributed by atoms with Crippen LogP contribution in [0.2, 0.25) is 0 Å². The van der Waals surface area contributed by atoms with Crippen molar-refractivity contribution in [2.24, 2.45) is 7.05 Å². The van der Waals surface area contributed by atoms with Crippen LogP contribution >= 0.6 is 11.8 Å². The maximum atomic E-state index is 14.2. The van der Waals surface area contributed by atoms with Gasteiger partial charge in [-0.15, -0.1) is 11.8 Å². The summed E-state index contributed by atoms with van der Waals surface area (Å²) in [5.41, 5.74) is -2.35. The molecule has 0 aliphatic heterocycles. The van der Waals surface area contributed by atoms with Crippen LogP contribution in [0.5, 0.6) is 0 Å². The molecule has 0 fully saturated rings. The molecule has 1 aromatic carbocycles. The first-order chi connectivity index (χ1) is 13.2. The molecule has 10 heteroatoms. The second-order valence-corrected chi connectivity index (χ2v) is 7.19. The van der Waals surface area contributed by atoms with Crippen molar-refractivity contribution in [1.29, 1.82) is 0 Å². The number of halogens is 5. The van der Waals surface area contributed by atoms with Crippen molar-refractivity contribution in [2.75, 3.05) is 10.7 Å². The monoisotopic (exact) mass is 421 g/mol. The highest BCUT2D eigenvalue weighted by Crippen LogP contribution is 2.44. The lowest BCUT2D eigenvalue weighted by atomic mass is 10.2. The molecule has 0 N–H and O–H groups in total. The average Bonchev–Trinajstić information content (AvgIpc) is 2.94. The van der Waals surface area contributed by atoms with Crippen molar-refractivity contribution in [2.45, 2.75) is 43.8 Å². The molecule has 1 amide bonds. The first-order valence-electron chi connectivity index (χ1n) is 8.67. The first-order valence-corrected chi connectivity index (χ1v) is 9.65. The number of nitrogens with zero attached hydrogens (tertiary/aromatic N) is 3. The van der Waals surface area contributed by atoms with E-state index in [-0.39, 0.29) is 11.4 Å². The van der Waals surface area contributed by atoms with Gasteiger partial charge in [-0.2, -0.15) is 18.3 Å². The molecular weight excluding hydrogens is 401 g/mol. The van der Waals surface area contributed by atoms with E-state index in [0.717, 1.165) is 54.3 Å². The second-order valence-electron chi connectivity index (χ2n) is 6.10. The minimum Gasteiger partial charge on any atom is -0.278 e. The lowest BCUT2D eigenvalue weighted by Gasteiger charge is -2.20. The molecule has 2 rings (SSSR count). The Morgan fingerprint density at radius 3 is 2.50 bits per heavy atom. The summed E-state index contributed by atoms with van der Waals surface area (Å²) in [5, 5.41) is 3.60. The third kappa shape index (κ3) is 5.03. The van der Waals surface area contributed by atoms with E-state index in [1.165, 1.54) is 7.05 Å². The van der Waals surface area contributed by atoms with Gasteiger partial charge in [0.1, 0.15) is 22.3 Å². The molecule has 0 atom stereocenters. The van der Waals surface area contributed by atoms with E-state index < -0.39 is 34.9 Å². The predicted octanol–water partition coefficient (Wildman–Crippen LogP) is 5.68. The number of thioether (sulfide) groups is 1. The van der Waals surface area contributed by atoms with Crippen molar-refractivity contribution in [3.8, 4) is 0 Å². The van der Waals surface area contributed by atoms with E-state index in [1.54, 1.807) is 0 Å². The third-order valence-corrected chi connectivity index (χ3v) is 5.22. The molecule has 0 saturated carbocycles. The van der Waals surface area contributed by atoms with Crippen molar-refractivity contribution in [3.63, 3.8) is 0 Å². The molecule has 0 bridgehead atoms. The summed E-state index contributed by atoms with van der Waals surface area (Å²) >= 11 is 1.11. The van der Waals surface area contributed by atoms with Gasteiger partial charge in [-0.05, 0) is 24.3 Å². The molecule has 0 radical (unpaired) electrons. The minimum absolute atomic E-state index is 0.0731. The van der Waals surface area contributed by atoms with Crippen LogP contribution in [0.3, 0.4) is 0 Å². The van der Waals surface area contributed by atoms with Gasteiger partial charge in [-0.1, -0.05) is 26.2 Å². The van der Waals surface area contributed by atoms with Gasteiger partial charge in [0.25, 0.3) is 0 Å². The van der Waals surface area contributed by atoms with Gasteiger partial charge < -0.3 is 0 Å². The van der Waals surface area contributed by atoms with Crippen LogP contribution in [0.25, 0.3) is 0 Å². The van der Waals surface area contributed by atoms with Crippen LogP contribution in [0.15, 0.2) is 23.2 Å². The fourth-order valence-electron chi connectivity index (χ4n) is 2.67. The Kier molecular flexibility index (Phi) is 7.45. The summed E-state index contributed by atoms with van der Waals surface area (Å²) in [7, 11) is 1.33. The van der Waals surface area contributed by atoms with Crippen molar-refractivity contribution in [1.82, 2.24) is 9.78 Å². The summed E-state index contributed by atoms with van der Waals surface area (Å²) in [4.78, 5) is 12.2. The topological polar surface area (TPSA) is 38.1 Å². The zero-order valence-electron chi connectivity index (χ0n) is 15.4. The van der Waals surface area contributed by atoms with Gasteiger partial charge in [0.15, 0.2) is 5.69 Å². The molecular formula is C18H20F5N3OS. The van der Waals surface area contributed by atoms with Crippen molar-refractivity contribution < 1.29 is 26.7 Å². The largest absolute Gasteiger partial charge is 0.437 e. The van der Waals surface area contributed by atoms with E-state index in [9.17, 15) is 26.7 Å². The first kappa shape index (κ1) is 22.2. The zero-order chi connectivity index (χ0) is 20.9. The zero-order valence-corrected chi connectivity index (χ0v) is 16.2.